The van der Waals surface area contributed by atoms with Crippen LogP contribution in [0, 0.1) is 6.92 Å². The van der Waals surface area contributed by atoms with Gasteiger partial charge in [0.15, 0.2) is 0 Å². The van der Waals surface area contributed by atoms with E-state index in [1.165, 1.54) is 0 Å². The maximum absolute atomic E-state index is 10.3. The topological polar surface area (TPSA) is 59.2 Å². The minimum absolute atomic E-state index is 0.586. The van der Waals surface area contributed by atoms with Crippen molar-refractivity contribution in [1.29, 1.82) is 0 Å². The van der Waals surface area contributed by atoms with Crippen molar-refractivity contribution in [3.05, 3.63) is 60.4 Å². The molecule has 0 radical (unpaired) electrons. The number of anilines is 1. The Labute approximate surface area is 101 Å². The quantitative estimate of drug-likeness (QED) is 0.370. The van der Waals surface area contributed by atoms with Crippen LogP contribution in [-0.4, -0.2) is 11.4 Å². The van der Waals surface area contributed by atoms with Gasteiger partial charge in [-0.05, 0) is 30.7 Å². The summed E-state index contributed by atoms with van der Waals surface area (Å²) in [4.78, 5) is 14.0. The monoisotopic (exact) mass is 229 g/mol. The number of rotatable bonds is 2. The smallest absolute Gasteiger partial charge is 0.228 e. The molecule has 1 aromatic carbocycles. The first kappa shape index (κ1) is 12.9. The first-order chi connectivity index (χ1) is 8.25. The van der Waals surface area contributed by atoms with Gasteiger partial charge in [0.05, 0.1) is 5.69 Å². The van der Waals surface area contributed by atoms with Crippen molar-refractivity contribution in [3.8, 4) is 0 Å². The van der Waals surface area contributed by atoms with Gasteiger partial charge in [0.25, 0.3) is 0 Å². The standard InChI is InChI=1S/C8H10N2O.C5H5N/c1-7-4-2-3-5-8(7)10(9)6-11;1-2-4-6-5-3-1/h2-6H,9H2,1H3;1-5H. The van der Waals surface area contributed by atoms with Gasteiger partial charge in [-0.15, -0.1) is 0 Å². The molecule has 88 valence electrons. The number of carbonyl (C=O) groups excluding carboxylic acids is 1. The van der Waals surface area contributed by atoms with Gasteiger partial charge in [-0.3, -0.25) is 14.8 Å². The molecule has 0 atom stereocenters. The fourth-order valence-electron chi connectivity index (χ4n) is 1.22. The molecule has 0 spiro atoms. The lowest BCUT2D eigenvalue weighted by atomic mass is 10.2. The molecule has 4 nitrogen and oxygen atoms in total. The van der Waals surface area contributed by atoms with Gasteiger partial charge < -0.3 is 0 Å². The van der Waals surface area contributed by atoms with Crippen LogP contribution in [0.4, 0.5) is 5.69 Å². The number of pyridine rings is 1. The number of amides is 1. The summed E-state index contributed by atoms with van der Waals surface area (Å²) >= 11 is 0. The van der Waals surface area contributed by atoms with Crippen LogP contribution in [0.1, 0.15) is 5.56 Å². The van der Waals surface area contributed by atoms with Gasteiger partial charge >= 0.3 is 0 Å². The second kappa shape index (κ2) is 7.14. The molecule has 0 saturated carbocycles. The molecule has 2 rings (SSSR count). The third-order valence-electron chi connectivity index (χ3n) is 2.07. The minimum atomic E-state index is 0.586. The predicted molar refractivity (Wildman–Crippen MR) is 68.1 cm³/mol. The van der Waals surface area contributed by atoms with E-state index in [2.05, 4.69) is 4.98 Å². The summed E-state index contributed by atoms with van der Waals surface area (Å²) in [5.74, 6) is 5.36. The highest BCUT2D eigenvalue weighted by Gasteiger charge is 2.00. The summed E-state index contributed by atoms with van der Waals surface area (Å²) in [7, 11) is 0. The molecule has 0 aliphatic carbocycles. The highest BCUT2D eigenvalue weighted by Crippen LogP contribution is 2.14. The molecule has 4 heteroatoms. The summed E-state index contributed by atoms with van der Waals surface area (Å²) in [5, 5.41) is 1.06. The van der Waals surface area contributed by atoms with Crippen molar-refractivity contribution in [3.63, 3.8) is 0 Å². The number of nitrogens with zero attached hydrogens (tertiary/aromatic N) is 2. The Balaban J connectivity index is 0.000000202. The lowest BCUT2D eigenvalue weighted by Crippen LogP contribution is -2.29. The van der Waals surface area contributed by atoms with E-state index < -0.39 is 0 Å². The molecule has 0 bridgehead atoms. The van der Waals surface area contributed by atoms with Gasteiger partial charge in [-0.2, -0.15) is 0 Å². The lowest BCUT2D eigenvalue weighted by Gasteiger charge is -2.11. The van der Waals surface area contributed by atoms with Gasteiger partial charge in [0, 0.05) is 12.4 Å². The average molecular weight is 229 g/mol. The van der Waals surface area contributed by atoms with Crippen molar-refractivity contribution in [2.24, 2.45) is 5.84 Å². The Morgan fingerprint density at radius 1 is 1.12 bits per heavy atom. The third-order valence-corrected chi connectivity index (χ3v) is 2.07. The Hall–Kier alpha value is -2.20. The Kier molecular flexibility index (Phi) is 5.40. The maximum atomic E-state index is 10.3. The Morgan fingerprint density at radius 3 is 2.18 bits per heavy atom. The number of hydrogen-bond acceptors (Lipinski definition) is 3. The summed E-state index contributed by atoms with van der Waals surface area (Å²) in [6, 6.07) is 13.2. The fourth-order valence-corrected chi connectivity index (χ4v) is 1.22. The molecular formula is C13H15N3O. The van der Waals surface area contributed by atoms with E-state index in [-0.39, 0.29) is 0 Å². The largest absolute Gasteiger partial charge is 0.277 e. The molecule has 0 aliphatic heterocycles. The first-order valence-electron chi connectivity index (χ1n) is 5.15. The number of carbonyl (C=O) groups is 1. The van der Waals surface area contributed by atoms with Gasteiger partial charge in [0.2, 0.25) is 6.41 Å². The number of para-hydroxylation sites is 1. The molecule has 2 aromatic rings. The molecular weight excluding hydrogens is 214 g/mol. The molecule has 1 heterocycles. The number of nitrogens with two attached hydrogens (primary N) is 1. The van der Waals surface area contributed by atoms with Crippen molar-refractivity contribution < 1.29 is 4.79 Å². The third kappa shape index (κ3) is 4.44. The van der Waals surface area contributed by atoms with E-state index in [9.17, 15) is 4.79 Å². The normalized spacial score (nSPS) is 8.82. The lowest BCUT2D eigenvalue weighted by molar-refractivity contribution is -0.107. The Bertz CT molecular complexity index is 419. The highest BCUT2D eigenvalue weighted by atomic mass is 16.1. The fraction of sp³-hybridized carbons (Fsp3) is 0.0769. The summed E-state index contributed by atoms with van der Waals surface area (Å²) in [6.07, 6.45) is 4.09. The molecule has 1 aromatic heterocycles. The zero-order valence-corrected chi connectivity index (χ0v) is 9.65. The predicted octanol–water partition coefficient (Wildman–Crippen LogP) is 1.91. The van der Waals surface area contributed by atoms with E-state index >= 15 is 0 Å². The molecule has 2 N–H and O–H groups in total. The van der Waals surface area contributed by atoms with Crippen molar-refractivity contribution in [2.45, 2.75) is 6.92 Å². The number of hydrazine groups is 1. The Morgan fingerprint density at radius 2 is 1.76 bits per heavy atom. The molecule has 0 aliphatic rings. The van der Waals surface area contributed by atoms with E-state index in [0.29, 0.717) is 6.41 Å². The van der Waals surface area contributed by atoms with Crippen LogP contribution >= 0.6 is 0 Å². The number of hydrogen-bond donors (Lipinski definition) is 1. The van der Waals surface area contributed by atoms with Crippen LogP contribution in [0.3, 0.4) is 0 Å². The summed E-state index contributed by atoms with van der Waals surface area (Å²) < 4.78 is 0. The summed E-state index contributed by atoms with van der Waals surface area (Å²) in [6.45, 7) is 1.90. The van der Waals surface area contributed by atoms with Crippen molar-refractivity contribution in [2.75, 3.05) is 5.01 Å². The van der Waals surface area contributed by atoms with Crippen LogP contribution in [-0.2, 0) is 4.79 Å². The van der Waals surface area contributed by atoms with Crippen molar-refractivity contribution in [1.82, 2.24) is 4.98 Å². The summed E-state index contributed by atoms with van der Waals surface area (Å²) in [5.41, 5.74) is 1.73. The van der Waals surface area contributed by atoms with Crippen LogP contribution in [0.5, 0.6) is 0 Å². The number of benzene rings is 1. The molecule has 0 unspecified atom stereocenters. The molecule has 0 saturated heterocycles. The molecule has 1 amide bonds. The second-order valence-electron chi connectivity index (χ2n) is 3.32. The minimum Gasteiger partial charge on any atom is -0.277 e. The highest BCUT2D eigenvalue weighted by molar-refractivity contribution is 5.74. The molecule has 0 fully saturated rings. The van der Waals surface area contributed by atoms with Crippen LogP contribution in [0.25, 0.3) is 0 Å². The van der Waals surface area contributed by atoms with Gasteiger partial charge in [-0.1, -0.05) is 24.3 Å². The molecule has 17 heavy (non-hydrogen) atoms. The zero-order chi connectivity index (χ0) is 12.5. The second-order valence-corrected chi connectivity index (χ2v) is 3.32. The van der Waals surface area contributed by atoms with E-state index in [4.69, 9.17) is 5.84 Å². The SMILES string of the molecule is Cc1ccccc1N(N)C=O.c1ccncc1. The number of aromatic nitrogens is 1. The average Bonchev–Trinajstić information content (AvgIpc) is 2.41. The van der Waals surface area contributed by atoms with Crippen LogP contribution < -0.4 is 10.9 Å². The van der Waals surface area contributed by atoms with E-state index in [0.717, 1.165) is 16.3 Å². The van der Waals surface area contributed by atoms with Crippen molar-refractivity contribution >= 4 is 12.1 Å². The first-order valence-corrected chi connectivity index (χ1v) is 5.15. The van der Waals surface area contributed by atoms with Crippen LogP contribution in [0.2, 0.25) is 0 Å². The van der Waals surface area contributed by atoms with Gasteiger partial charge in [0.1, 0.15) is 0 Å². The van der Waals surface area contributed by atoms with E-state index in [1.807, 2.05) is 43.3 Å². The maximum Gasteiger partial charge on any atom is 0.228 e. The zero-order valence-electron chi connectivity index (χ0n) is 9.65. The number of aryl methyl sites for hydroxylation is 1. The van der Waals surface area contributed by atoms with Crippen LogP contribution in [0.15, 0.2) is 54.9 Å². The van der Waals surface area contributed by atoms with E-state index in [1.54, 1.807) is 18.5 Å². The van der Waals surface area contributed by atoms with Gasteiger partial charge in [-0.25, -0.2) is 5.84 Å².